The zero-order valence-corrected chi connectivity index (χ0v) is 24.3. The van der Waals surface area contributed by atoms with Crippen LogP contribution in [0.4, 0.5) is 5.82 Å². The van der Waals surface area contributed by atoms with Crippen molar-refractivity contribution in [2.24, 2.45) is 0 Å². The average molecular weight is 594 g/mol. The fraction of sp³-hybridized carbons (Fsp3) is 0.346. The van der Waals surface area contributed by atoms with Gasteiger partial charge >= 0.3 is 7.60 Å². The molecule has 1 amide bonds. The van der Waals surface area contributed by atoms with Gasteiger partial charge in [-0.15, -0.1) is 0 Å². The van der Waals surface area contributed by atoms with Gasteiger partial charge in [0.25, 0.3) is 5.91 Å². The fourth-order valence-corrected chi connectivity index (χ4v) is 5.63. The van der Waals surface area contributed by atoms with Crippen molar-refractivity contribution in [3.05, 3.63) is 66.1 Å². The van der Waals surface area contributed by atoms with Gasteiger partial charge in [0.05, 0.1) is 49.0 Å². The molecule has 2 aromatic carbocycles. The molecule has 1 atom stereocenters. The SMILES string of the molecule is CCOP(=O)(Cc1cnc(NC(=O)c2cc(Oc3ccc(S(C)(=O)=O)cc3)cc(O[C@@H](C)CO)c2)cn1)OCC. The van der Waals surface area contributed by atoms with E-state index in [9.17, 15) is 22.9 Å². The molecule has 216 valence electrons. The normalized spacial score (nSPS) is 12.5. The van der Waals surface area contributed by atoms with Gasteiger partial charge in [0, 0.05) is 17.9 Å². The predicted molar refractivity (Wildman–Crippen MR) is 148 cm³/mol. The highest BCUT2D eigenvalue weighted by Gasteiger charge is 2.25. The molecule has 0 radical (unpaired) electrons. The smallest absolute Gasteiger partial charge is 0.336 e. The number of carbonyl (C=O) groups is 1. The van der Waals surface area contributed by atoms with Crippen LogP contribution in [0, 0.1) is 0 Å². The highest BCUT2D eigenvalue weighted by Crippen LogP contribution is 2.50. The van der Waals surface area contributed by atoms with E-state index in [1.165, 1.54) is 54.9 Å². The number of sulfone groups is 1. The van der Waals surface area contributed by atoms with Crippen LogP contribution in [0.1, 0.15) is 36.8 Å². The number of anilines is 1. The van der Waals surface area contributed by atoms with Crippen LogP contribution in [0.3, 0.4) is 0 Å². The monoisotopic (exact) mass is 593 g/mol. The lowest BCUT2D eigenvalue weighted by molar-refractivity contribution is 0.102. The Bertz CT molecular complexity index is 1440. The molecule has 0 spiro atoms. The number of aliphatic hydroxyl groups is 1. The maximum atomic E-state index is 13.1. The fourth-order valence-electron chi connectivity index (χ4n) is 3.40. The molecule has 0 fully saturated rings. The molecular weight excluding hydrogens is 561 g/mol. The number of amides is 1. The van der Waals surface area contributed by atoms with Crippen molar-refractivity contribution in [2.75, 3.05) is 31.4 Å². The summed E-state index contributed by atoms with van der Waals surface area (Å²) in [5.41, 5.74) is 0.530. The molecule has 2 N–H and O–H groups in total. The zero-order chi connectivity index (χ0) is 29.3. The first-order chi connectivity index (χ1) is 18.9. The summed E-state index contributed by atoms with van der Waals surface area (Å²) in [7, 11) is -6.73. The number of benzene rings is 2. The number of carbonyl (C=O) groups excluding carboxylic acids is 1. The van der Waals surface area contributed by atoms with Crippen LogP contribution >= 0.6 is 7.60 Å². The van der Waals surface area contributed by atoms with E-state index < -0.39 is 29.4 Å². The summed E-state index contributed by atoms with van der Waals surface area (Å²) in [4.78, 5) is 21.6. The summed E-state index contributed by atoms with van der Waals surface area (Å²) in [6, 6.07) is 10.3. The minimum Gasteiger partial charge on any atom is -0.488 e. The second-order valence-corrected chi connectivity index (χ2v) is 12.7. The topological polar surface area (TPSA) is 163 Å². The van der Waals surface area contributed by atoms with E-state index in [-0.39, 0.29) is 53.8 Å². The number of aliphatic hydroxyl groups excluding tert-OH is 1. The number of hydrogen-bond acceptors (Lipinski definition) is 11. The Morgan fingerprint density at radius 1 is 1.00 bits per heavy atom. The van der Waals surface area contributed by atoms with E-state index in [2.05, 4.69) is 15.3 Å². The first kappa shape index (κ1) is 31.2. The molecule has 0 unspecified atom stereocenters. The molecule has 3 aromatic rings. The lowest BCUT2D eigenvalue weighted by atomic mass is 10.2. The van der Waals surface area contributed by atoms with Crippen molar-refractivity contribution in [3.8, 4) is 17.2 Å². The van der Waals surface area contributed by atoms with Crippen LogP contribution in [0.25, 0.3) is 0 Å². The third-order valence-corrected chi connectivity index (χ3v) is 8.32. The molecule has 0 aliphatic rings. The van der Waals surface area contributed by atoms with E-state index in [1.54, 1.807) is 20.8 Å². The van der Waals surface area contributed by atoms with Crippen molar-refractivity contribution >= 4 is 29.2 Å². The quantitative estimate of drug-likeness (QED) is 0.254. The predicted octanol–water partition coefficient (Wildman–Crippen LogP) is 4.45. The third-order valence-electron chi connectivity index (χ3n) is 5.18. The van der Waals surface area contributed by atoms with Gasteiger partial charge in [-0.2, -0.15) is 0 Å². The van der Waals surface area contributed by atoms with Crippen molar-refractivity contribution in [1.29, 1.82) is 0 Å². The Hall–Kier alpha value is -3.35. The summed E-state index contributed by atoms with van der Waals surface area (Å²) in [6.45, 7) is 5.27. The number of nitrogens with zero attached hydrogens (tertiary/aromatic N) is 2. The molecule has 1 heterocycles. The second-order valence-electron chi connectivity index (χ2n) is 8.60. The lowest BCUT2D eigenvalue weighted by Crippen LogP contribution is -2.17. The van der Waals surface area contributed by atoms with Crippen molar-refractivity contribution in [3.63, 3.8) is 0 Å². The number of rotatable bonds is 14. The Labute approximate surface area is 233 Å². The Balaban J connectivity index is 1.80. The standard InChI is InChI=1S/C26H32N3O9PS/c1-5-35-39(32,36-6-2)17-20-14-28-25(15-27-20)29-26(31)19-11-22(37-18(3)16-30)13-23(12-19)38-21-7-9-24(10-8-21)40(4,33)34/h7-15,18,30H,5-6,16-17H2,1-4H3,(H,28,29,31)/t18-/m0/s1. The molecule has 0 aliphatic carbocycles. The minimum absolute atomic E-state index is 0.0653. The van der Waals surface area contributed by atoms with E-state index in [0.717, 1.165) is 6.26 Å². The van der Waals surface area contributed by atoms with Gasteiger partial charge < -0.3 is 28.9 Å². The van der Waals surface area contributed by atoms with Gasteiger partial charge in [-0.25, -0.2) is 13.4 Å². The molecule has 3 rings (SSSR count). The molecule has 12 nitrogen and oxygen atoms in total. The lowest BCUT2D eigenvalue weighted by Gasteiger charge is -2.16. The van der Waals surface area contributed by atoms with Gasteiger partial charge in [-0.3, -0.25) is 14.3 Å². The highest BCUT2D eigenvalue weighted by molar-refractivity contribution is 7.90. The van der Waals surface area contributed by atoms with Crippen LogP contribution in [0.5, 0.6) is 17.2 Å². The van der Waals surface area contributed by atoms with Crippen LogP contribution in [-0.2, 0) is 29.6 Å². The first-order valence-corrected chi connectivity index (χ1v) is 16.0. The number of hydrogen-bond donors (Lipinski definition) is 2. The molecule has 0 aliphatic heterocycles. The summed E-state index contributed by atoms with van der Waals surface area (Å²) in [6.07, 6.45) is 3.18. The molecule has 14 heteroatoms. The number of nitrogens with one attached hydrogen (secondary N) is 1. The van der Waals surface area contributed by atoms with Gasteiger partial charge in [0.15, 0.2) is 15.7 Å². The Kier molecular flexibility index (Phi) is 10.8. The van der Waals surface area contributed by atoms with Crippen molar-refractivity contribution in [1.82, 2.24) is 9.97 Å². The van der Waals surface area contributed by atoms with E-state index in [4.69, 9.17) is 18.5 Å². The largest absolute Gasteiger partial charge is 0.488 e. The van der Waals surface area contributed by atoms with Crippen molar-refractivity contribution in [2.45, 2.75) is 37.9 Å². The maximum Gasteiger partial charge on any atom is 0.336 e. The molecule has 0 bridgehead atoms. The van der Waals surface area contributed by atoms with Gasteiger partial charge in [-0.1, -0.05) is 0 Å². The van der Waals surface area contributed by atoms with E-state index in [1.807, 2.05) is 0 Å². The van der Waals surface area contributed by atoms with Crippen LogP contribution in [-0.4, -0.2) is 61.6 Å². The molecular formula is C26H32N3O9PS. The Morgan fingerprint density at radius 3 is 2.20 bits per heavy atom. The Morgan fingerprint density at radius 2 is 1.65 bits per heavy atom. The van der Waals surface area contributed by atoms with Gasteiger partial charge in [0.1, 0.15) is 23.4 Å². The van der Waals surface area contributed by atoms with E-state index in [0.29, 0.717) is 11.4 Å². The van der Waals surface area contributed by atoms with Crippen LogP contribution in [0.15, 0.2) is 59.8 Å². The maximum absolute atomic E-state index is 13.1. The molecule has 40 heavy (non-hydrogen) atoms. The van der Waals surface area contributed by atoms with Crippen LogP contribution in [0.2, 0.25) is 0 Å². The summed E-state index contributed by atoms with van der Waals surface area (Å²) < 4.78 is 58.3. The second kappa shape index (κ2) is 13.8. The first-order valence-electron chi connectivity index (χ1n) is 12.4. The summed E-state index contributed by atoms with van der Waals surface area (Å²) in [5, 5.41) is 12.0. The number of ether oxygens (including phenoxy) is 2. The summed E-state index contributed by atoms with van der Waals surface area (Å²) in [5.74, 6) is 0.440. The minimum atomic E-state index is -3.37. The number of aromatic nitrogens is 2. The zero-order valence-electron chi connectivity index (χ0n) is 22.6. The molecule has 0 saturated heterocycles. The average Bonchev–Trinajstić information content (AvgIpc) is 2.89. The summed E-state index contributed by atoms with van der Waals surface area (Å²) >= 11 is 0. The van der Waals surface area contributed by atoms with E-state index >= 15 is 0 Å². The molecule has 0 saturated carbocycles. The third kappa shape index (κ3) is 9.10. The molecule has 1 aromatic heterocycles. The van der Waals surface area contributed by atoms with Crippen molar-refractivity contribution < 1.29 is 41.4 Å². The van der Waals surface area contributed by atoms with Gasteiger partial charge in [-0.05, 0) is 57.2 Å². The highest BCUT2D eigenvalue weighted by atomic mass is 32.2. The van der Waals surface area contributed by atoms with Crippen LogP contribution < -0.4 is 14.8 Å². The van der Waals surface area contributed by atoms with Gasteiger partial charge in [0.2, 0.25) is 0 Å².